The molecule has 128 valence electrons. The van der Waals surface area contributed by atoms with Crippen LogP contribution in [0, 0.1) is 5.41 Å². The fourth-order valence-electron chi connectivity index (χ4n) is 3.06. The first kappa shape index (κ1) is 17.6. The number of ether oxygens (including phenoxy) is 2. The molecule has 1 N–H and O–H groups in total. The van der Waals surface area contributed by atoms with Crippen LogP contribution < -0.4 is 14.8 Å². The third-order valence-electron chi connectivity index (χ3n) is 4.40. The summed E-state index contributed by atoms with van der Waals surface area (Å²) < 4.78 is 10.9. The number of nitrogens with zero attached hydrogens (tertiary/aromatic N) is 1. The zero-order chi connectivity index (χ0) is 16.7. The first-order valence-corrected chi connectivity index (χ1v) is 8.35. The van der Waals surface area contributed by atoms with Crippen LogP contribution in [0.1, 0.15) is 26.7 Å². The molecule has 1 amide bonds. The Labute approximate surface area is 139 Å². The first-order chi connectivity index (χ1) is 11.1. The van der Waals surface area contributed by atoms with Crippen LogP contribution in [0.5, 0.6) is 11.5 Å². The molecule has 0 aromatic heterocycles. The fraction of sp³-hybridized carbons (Fsp3) is 0.611. The Kier molecular flexibility index (Phi) is 6.28. The Balaban J connectivity index is 1.79. The van der Waals surface area contributed by atoms with Gasteiger partial charge in [0, 0.05) is 19.6 Å². The van der Waals surface area contributed by atoms with Gasteiger partial charge < -0.3 is 14.8 Å². The van der Waals surface area contributed by atoms with Crippen LogP contribution in [0.4, 0.5) is 0 Å². The van der Waals surface area contributed by atoms with E-state index in [1.165, 1.54) is 0 Å². The zero-order valence-electron chi connectivity index (χ0n) is 14.4. The fourth-order valence-corrected chi connectivity index (χ4v) is 3.06. The maximum Gasteiger partial charge on any atom is 0.227 e. The topological polar surface area (TPSA) is 50.8 Å². The molecule has 0 spiro atoms. The van der Waals surface area contributed by atoms with Gasteiger partial charge in [0.2, 0.25) is 5.91 Å². The predicted molar refractivity (Wildman–Crippen MR) is 91.0 cm³/mol. The van der Waals surface area contributed by atoms with Gasteiger partial charge in [0.25, 0.3) is 0 Å². The van der Waals surface area contributed by atoms with E-state index in [9.17, 15) is 4.79 Å². The second-order valence-corrected chi connectivity index (χ2v) is 6.32. The molecule has 0 saturated carbocycles. The maximum absolute atomic E-state index is 12.2. The second-order valence-electron chi connectivity index (χ2n) is 6.32. The van der Waals surface area contributed by atoms with Crippen LogP contribution in [0.3, 0.4) is 0 Å². The van der Waals surface area contributed by atoms with Crippen molar-refractivity contribution in [3.05, 3.63) is 24.3 Å². The van der Waals surface area contributed by atoms with Gasteiger partial charge in [-0.25, -0.2) is 0 Å². The average molecular weight is 320 g/mol. The average Bonchev–Trinajstić information content (AvgIpc) is 2.56. The van der Waals surface area contributed by atoms with Crippen molar-refractivity contribution in [3.8, 4) is 11.5 Å². The van der Waals surface area contributed by atoms with E-state index in [1.807, 2.05) is 31.2 Å². The van der Waals surface area contributed by atoms with E-state index < -0.39 is 0 Å². The number of carbonyl (C=O) groups excluding carboxylic acids is 1. The Hall–Kier alpha value is -1.75. The lowest BCUT2D eigenvalue weighted by Crippen LogP contribution is -2.51. The van der Waals surface area contributed by atoms with Crippen molar-refractivity contribution < 1.29 is 14.3 Å². The molecule has 1 aliphatic rings. The quantitative estimate of drug-likeness (QED) is 0.838. The number of hydrogen-bond donors (Lipinski definition) is 1. The smallest absolute Gasteiger partial charge is 0.227 e. The molecule has 1 aromatic carbocycles. The molecule has 5 heteroatoms. The summed E-state index contributed by atoms with van der Waals surface area (Å²) in [5.41, 5.74) is -0.283. The lowest BCUT2D eigenvalue weighted by Gasteiger charge is -2.39. The van der Waals surface area contributed by atoms with Gasteiger partial charge in [-0.15, -0.1) is 0 Å². The summed E-state index contributed by atoms with van der Waals surface area (Å²) in [4.78, 5) is 14.6. The van der Waals surface area contributed by atoms with E-state index in [1.54, 1.807) is 7.11 Å². The molecule has 1 atom stereocenters. The van der Waals surface area contributed by atoms with Gasteiger partial charge in [-0.2, -0.15) is 0 Å². The Bertz CT molecular complexity index is 503. The van der Waals surface area contributed by atoms with Crippen LogP contribution >= 0.6 is 0 Å². The van der Waals surface area contributed by atoms with E-state index >= 15 is 0 Å². The molecular formula is C18H28N2O3. The van der Waals surface area contributed by atoms with Gasteiger partial charge in [0.1, 0.15) is 18.1 Å². The Morgan fingerprint density at radius 3 is 2.65 bits per heavy atom. The van der Waals surface area contributed by atoms with E-state index in [2.05, 4.69) is 17.1 Å². The minimum Gasteiger partial charge on any atom is -0.497 e. The standard InChI is InChI=1S/C18H28N2O3/c1-4-19-17(21)18(2)10-5-11-20(14-18)12-13-23-16-8-6-15(22-3)7-9-16/h6-9H,4-5,10-14H2,1-3H3,(H,19,21). The zero-order valence-corrected chi connectivity index (χ0v) is 14.4. The van der Waals surface area contributed by atoms with Crippen LogP contribution in [0.2, 0.25) is 0 Å². The predicted octanol–water partition coefficient (Wildman–Crippen LogP) is 2.31. The van der Waals surface area contributed by atoms with Crippen molar-refractivity contribution in [2.24, 2.45) is 5.41 Å². The van der Waals surface area contributed by atoms with Crippen LogP contribution in [-0.2, 0) is 4.79 Å². The van der Waals surface area contributed by atoms with E-state index in [4.69, 9.17) is 9.47 Å². The number of carbonyl (C=O) groups is 1. The SMILES string of the molecule is CCNC(=O)C1(C)CCCN(CCOc2ccc(OC)cc2)C1. The summed E-state index contributed by atoms with van der Waals surface area (Å²) in [5.74, 6) is 1.83. The largest absolute Gasteiger partial charge is 0.497 e. The maximum atomic E-state index is 12.2. The van der Waals surface area contributed by atoms with Crippen molar-refractivity contribution in [2.45, 2.75) is 26.7 Å². The molecular weight excluding hydrogens is 292 g/mol. The molecule has 1 heterocycles. The normalized spacial score (nSPS) is 21.7. The first-order valence-electron chi connectivity index (χ1n) is 8.35. The van der Waals surface area contributed by atoms with Gasteiger partial charge in [-0.1, -0.05) is 0 Å². The van der Waals surface area contributed by atoms with Crippen LogP contribution in [-0.4, -0.2) is 50.7 Å². The van der Waals surface area contributed by atoms with Crippen LogP contribution in [0.25, 0.3) is 0 Å². The summed E-state index contributed by atoms with van der Waals surface area (Å²) in [7, 11) is 1.65. The highest BCUT2D eigenvalue weighted by atomic mass is 16.5. The molecule has 0 aliphatic carbocycles. The summed E-state index contributed by atoms with van der Waals surface area (Å²) in [6.07, 6.45) is 2.00. The lowest BCUT2D eigenvalue weighted by molar-refractivity contribution is -0.133. The monoisotopic (exact) mass is 320 g/mol. The molecule has 5 nitrogen and oxygen atoms in total. The van der Waals surface area contributed by atoms with Gasteiger partial charge >= 0.3 is 0 Å². The highest BCUT2D eigenvalue weighted by Crippen LogP contribution is 2.29. The van der Waals surface area contributed by atoms with Gasteiger partial charge in [0.05, 0.1) is 12.5 Å². The molecule has 0 bridgehead atoms. The van der Waals surface area contributed by atoms with Gasteiger partial charge in [-0.3, -0.25) is 9.69 Å². The van der Waals surface area contributed by atoms with E-state index in [0.717, 1.165) is 44.0 Å². The summed E-state index contributed by atoms with van der Waals surface area (Å²) >= 11 is 0. The molecule has 1 unspecified atom stereocenters. The number of benzene rings is 1. The van der Waals surface area contributed by atoms with E-state index in [-0.39, 0.29) is 11.3 Å². The molecule has 1 aliphatic heterocycles. The number of methoxy groups -OCH3 is 1. The molecule has 1 aromatic rings. The van der Waals surface area contributed by atoms with Crippen molar-refractivity contribution in [2.75, 3.05) is 39.9 Å². The summed E-state index contributed by atoms with van der Waals surface area (Å²) in [5, 5.41) is 2.96. The van der Waals surface area contributed by atoms with E-state index in [0.29, 0.717) is 13.2 Å². The number of amides is 1. The van der Waals surface area contributed by atoms with Gasteiger partial charge in [-0.05, 0) is 57.5 Å². The molecule has 1 saturated heterocycles. The minimum absolute atomic E-state index is 0.167. The number of likely N-dealkylation sites (tertiary alicyclic amines) is 1. The molecule has 23 heavy (non-hydrogen) atoms. The lowest BCUT2D eigenvalue weighted by atomic mass is 9.81. The number of rotatable bonds is 7. The highest BCUT2D eigenvalue weighted by Gasteiger charge is 2.37. The van der Waals surface area contributed by atoms with Crippen molar-refractivity contribution in [3.63, 3.8) is 0 Å². The van der Waals surface area contributed by atoms with Crippen molar-refractivity contribution in [1.29, 1.82) is 0 Å². The number of nitrogens with one attached hydrogen (secondary N) is 1. The minimum atomic E-state index is -0.283. The van der Waals surface area contributed by atoms with Gasteiger partial charge in [0.15, 0.2) is 0 Å². The Morgan fingerprint density at radius 1 is 1.30 bits per heavy atom. The molecule has 0 radical (unpaired) electrons. The van der Waals surface area contributed by atoms with Crippen LogP contribution in [0.15, 0.2) is 24.3 Å². The molecule has 2 rings (SSSR count). The highest BCUT2D eigenvalue weighted by molar-refractivity contribution is 5.82. The molecule has 1 fully saturated rings. The van der Waals surface area contributed by atoms with Crippen molar-refractivity contribution >= 4 is 5.91 Å². The number of hydrogen-bond acceptors (Lipinski definition) is 4. The number of piperidine rings is 1. The third-order valence-corrected chi connectivity index (χ3v) is 4.40. The summed E-state index contributed by atoms with van der Waals surface area (Å²) in [6.45, 7) is 8.00. The van der Waals surface area contributed by atoms with Crippen molar-refractivity contribution in [1.82, 2.24) is 10.2 Å². The third kappa shape index (κ3) is 4.86. The summed E-state index contributed by atoms with van der Waals surface area (Å²) in [6, 6.07) is 7.60. The second kappa shape index (κ2) is 8.20. The Morgan fingerprint density at radius 2 is 2.00 bits per heavy atom.